The van der Waals surface area contributed by atoms with E-state index in [1.54, 1.807) is 18.2 Å². The maximum Gasteiger partial charge on any atom is 0.416 e. The second-order valence-corrected chi connectivity index (χ2v) is 7.11. The molecule has 0 N–H and O–H groups in total. The summed E-state index contributed by atoms with van der Waals surface area (Å²) in [6, 6.07) is 16.0. The Labute approximate surface area is 167 Å². The van der Waals surface area contributed by atoms with Crippen molar-refractivity contribution in [3.8, 4) is 0 Å². The summed E-state index contributed by atoms with van der Waals surface area (Å²) in [5.74, 6) is 0.453. The van der Waals surface area contributed by atoms with Gasteiger partial charge in [-0.15, -0.1) is 0 Å². The third-order valence-electron chi connectivity index (χ3n) is 4.52. The summed E-state index contributed by atoms with van der Waals surface area (Å²) in [5.41, 5.74) is 2.02. The van der Waals surface area contributed by atoms with Crippen molar-refractivity contribution in [2.24, 2.45) is 0 Å². The van der Waals surface area contributed by atoms with Gasteiger partial charge >= 0.3 is 6.18 Å². The van der Waals surface area contributed by atoms with Gasteiger partial charge in [0.05, 0.1) is 17.8 Å². The van der Waals surface area contributed by atoms with Crippen LogP contribution in [0.25, 0.3) is 12.2 Å². The molecule has 0 radical (unpaired) electrons. The number of benzene rings is 2. The molecule has 0 aliphatic carbocycles. The highest BCUT2D eigenvalue weighted by atomic mass is 19.4. The Morgan fingerprint density at radius 3 is 2.38 bits per heavy atom. The van der Waals surface area contributed by atoms with Crippen LogP contribution in [0.2, 0.25) is 0 Å². The first-order chi connectivity index (χ1) is 13.7. The van der Waals surface area contributed by atoms with E-state index in [-0.39, 0.29) is 12.1 Å². The zero-order chi connectivity index (χ0) is 21.0. The Hall–Kier alpha value is -3.15. The quantitative estimate of drug-likeness (QED) is 0.560. The Kier molecular flexibility index (Phi) is 6.01. The zero-order valence-electron chi connectivity index (χ0n) is 16.1. The summed E-state index contributed by atoms with van der Waals surface area (Å²) >= 11 is 0. The Bertz CT molecular complexity index is 1060. The normalized spacial score (nSPS) is 12.1. The molecular formula is C23H21F3N2O. The third-order valence-corrected chi connectivity index (χ3v) is 4.52. The molecule has 0 unspecified atom stereocenters. The fourth-order valence-corrected chi connectivity index (χ4v) is 2.86. The first-order valence-corrected chi connectivity index (χ1v) is 9.25. The van der Waals surface area contributed by atoms with Crippen molar-refractivity contribution in [1.29, 1.82) is 0 Å². The standard InChI is InChI=1S/C23H21F3N2O/c1-16(2)19-9-6-17(7-10-19)8-11-21-12-13-22(29)28(27-21)15-18-4-3-5-20(14-18)23(24,25)26/h3-14,16H,15H2,1-2H3. The molecule has 2 aromatic carbocycles. The molecule has 1 aromatic heterocycles. The average molecular weight is 398 g/mol. The fourth-order valence-electron chi connectivity index (χ4n) is 2.86. The number of hydrogen-bond donors (Lipinski definition) is 0. The van der Waals surface area contributed by atoms with Crippen molar-refractivity contribution >= 4 is 12.2 Å². The summed E-state index contributed by atoms with van der Waals surface area (Å²) in [5, 5.41) is 4.26. The fraction of sp³-hybridized carbons (Fsp3) is 0.217. The molecule has 150 valence electrons. The topological polar surface area (TPSA) is 34.9 Å². The SMILES string of the molecule is CC(C)c1ccc(C=Cc2ccc(=O)n(Cc3cccc(C(F)(F)F)c3)n2)cc1. The van der Waals surface area contributed by atoms with Crippen molar-refractivity contribution in [3.63, 3.8) is 0 Å². The van der Waals surface area contributed by atoms with Gasteiger partial charge in [-0.3, -0.25) is 4.79 Å². The Balaban J connectivity index is 1.80. The molecule has 0 bridgehead atoms. The Morgan fingerprint density at radius 2 is 1.72 bits per heavy atom. The second-order valence-electron chi connectivity index (χ2n) is 7.11. The molecule has 3 rings (SSSR count). The van der Waals surface area contributed by atoms with Crippen LogP contribution in [0.3, 0.4) is 0 Å². The molecule has 0 aliphatic rings. The van der Waals surface area contributed by atoms with Crippen LogP contribution < -0.4 is 5.56 Å². The van der Waals surface area contributed by atoms with E-state index in [0.717, 1.165) is 22.4 Å². The summed E-state index contributed by atoms with van der Waals surface area (Å²) in [7, 11) is 0. The number of hydrogen-bond acceptors (Lipinski definition) is 2. The number of rotatable bonds is 5. The molecule has 0 saturated carbocycles. The molecular weight excluding hydrogens is 377 g/mol. The van der Waals surface area contributed by atoms with E-state index in [2.05, 4.69) is 31.1 Å². The maximum absolute atomic E-state index is 12.9. The number of halogens is 3. The molecule has 0 fully saturated rings. The molecule has 0 saturated heterocycles. The van der Waals surface area contributed by atoms with Crippen molar-refractivity contribution in [2.45, 2.75) is 32.5 Å². The lowest BCUT2D eigenvalue weighted by molar-refractivity contribution is -0.137. The molecule has 0 spiro atoms. The predicted octanol–water partition coefficient (Wildman–Crippen LogP) is 5.60. The van der Waals surface area contributed by atoms with Crippen LogP contribution in [-0.4, -0.2) is 9.78 Å². The van der Waals surface area contributed by atoms with Crippen LogP contribution in [0.1, 0.15) is 47.7 Å². The molecule has 0 atom stereocenters. The Morgan fingerprint density at radius 1 is 1.00 bits per heavy atom. The summed E-state index contributed by atoms with van der Waals surface area (Å²) in [4.78, 5) is 12.1. The smallest absolute Gasteiger partial charge is 0.268 e. The van der Waals surface area contributed by atoms with Gasteiger partial charge in [0, 0.05) is 6.07 Å². The molecule has 6 heteroatoms. The molecule has 3 nitrogen and oxygen atoms in total. The van der Waals surface area contributed by atoms with Crippen molar-refractivity contribution in [2.75, 3.05) is 0 Å². The number of alkyl halides is 3. The predicted molar refractivity (Wildman–Crippen MR) is 109 cm³/mol. The highest BCUT2D eigenvalue weighted by Crippen LogP contribution is 2.29. The van der Waals surface area contributed by atoms with Gasteiger partial charge in [-0.2, -0.15) is 18.3 Å². The van der Waals surface area contributed by atoms with Gasteiger partial charge in [0.15, 0.2) is 0 Å². The molecule has 29 heavy (non-hydrogen) atoms. The minimum absolute atomic E-state index is 0.0342. The van der Waals surface area contributed by atoms with Gasteiger partial charge in [0.1, 0.15) is 0 Å². The van der Waals surface area contributed by atoms with Crippen LogP contribution in [-0.2, 0) is 12.7 Å². The zero-order valence-corrected chi connectivity index (χ0v) is 16.1. The van der Waals surface area contributed by atoms with Crippen molar-refractivity contribution < 1.29 is 13.2 Å². The monoisotopic (exact) mass is 398 g/mol. The van der Waals surface area contributed by atoms with Crippen molar-refractivity contribution in [3.05, 3.63) is 99.0 Å². The second kappa shape index (κ2) is 8.47. The van der Waals surface area contributed by atoms with Crippen LogP contribution in [0, 0.1) is 0 Å². The van der Waals surface area contributed by atoms with Crippen LogP contribution in [0.5, 0.6) is 0 Å². The van der Waals surface area contributed by atoms with Gasteiger partial charge in [0.2, 0.25) is 0 Å². The number of aromatic nitrogens is 2. The maximum atomic E-state index is 12.9. The minimum Gasteiger partial charge on any atom is -0.268 e. The number of nitrogens with zero attached hydrogens (tertiary/aromatic N) is 2. The van der Waals surface area contributed by atoms with Gasteiger partial charge in [0.25, 0.3) is 5.56 Å². The lowest BCUT2D eigenvalue weighted by Crippen LogP contribution is -2.23. The summed E-state index contributed by atoms with van der Waals surface area (Å²) in [6.07, 6.45) is -0.776. The van der Waals surface area contributed by atoms with E-state index in [9.17, 15) is 18.0 Å². The van der Waals surface area contributed by atoms with Gasteiger partial charge in [-0.25, -0.2) is 4.68 Å². The van der Waals surface area contributed by atoms with E-state index in [0.29, 0.717) is 17.2 Å². The largest absolute Gasteiger partial charge is 0.416 e. The lowest BCUT2D eigenvalue weighted by Gasteiger charge is -2.10. The highest BCUT2D eigenvalue weighted by Gasteiger charge is 2.30. The van der Waals surface area contributed by atoms with Crippen LogP contribution in [0.4, 0.5) is 13.2 Å². The van der Waals surface area contributed by atoms with E-state index in [1.807, 2.05) is 18.2 Å². The van der Waals surface area contributed by atoms with Crippen LogP contribution >= 0.6 is 0 Å². The molecule has 0 aliphatic heterocycles. The van der Waals surface area contributed by atoms with Gasteiger partial charge in [-0.1, -0.05) is 56.3 Å². The highest BCUT2D eigenvalue weighted by molar-refractivity contribution is 5.67. The molecule has 3 aromatic rings. The first-order valence-electron chi connectivity index (χ1n) is 9.25. The van der Waals surface area contributed by atoms with Crippen molar-refractivity contribution in [1.82, 2.24) is 9.78 Å². The average Bonchev–Trinajstić information content (AvgIpc) is 2.68. The van der Waals surface area contributed by atoms with Crippen LogP contribution in [0.15, 0.2) is 65.5 Å². The summed E-state index contributed by atoms with van der Waals surface area (Å²) < 4.78 is 39.8. The van der Waals surface area contributed by atoms with E-state index >= 15 is 0 Å². The first kappa shape index (κ1) is 20.6. The van der Waals surface area contributed by atoms with E-state index < -0.39 is 11.7 Å². The van der Waals surface area contributed by atoms with Gasteiger partial charge < -0.3 is 0 Å². The summed E-state index contributed by atoms with van der Waals surface area (Å²) in [6.45, 7) is 4.22. The van der Waals surface area contributed by atoms with E-state index in [4.69, 9.17) is 0 Å². The van der Waals surface area contributed by atoms with Gasteiger partial charge in [-0.05, 0) is 46.9 Å². The third kappa shape index (κ3) is 5.44. The lowest BCUT2D eigenvalue weighted by atomic mass is 10.0. The van der Waals surface area contributed by atoms with E-state index in [1.165, 1.54) is 17.7 Å². The molecule has 1 heterocycles. The molecule has 0 amide bonds. The minimum atomic E-state index is -4.43.